The predicted molar refractivity (Wildman–Crippen MR) is 79.9 cm³/mol. The van der Waals surface area contributed by atoms with Crippen molar-refractivity contribution in [2.45, 2.75) is 26.2 Å². The van der Waals surface area contributed by atoms with E-state index >= 15 is 0 Å². The van der Waals surface area contributed by atoms with Crippen LogP contribution in [0.15, 0.2) is 35.6 Å². The van der Waals surface area contributed by atoms with Gasteiger partial charge in [-0.2, -0.15) is 5.21 Å². The fourth-order valence-corrected chi connectivity index (χ4v) is 2.36. The first kappa shape index (κ1) is 14.2. The molecule has 0 saturated carbocycles. The molecule has 7 nitrogen and oxygen atoms in total. The van der Waals surface area contributed by atoms with Gasteiger partial charge in [0.15, 0.2) is 5.82 Å². The van der Waals surface area contributed by atoms with Gasteiger partial charge in [0.25, 0.3) is 5.91 Å². The summed E-state index contributed by atoms with van der Waals surface area (Å²) in [5.41, 5.74) is 2.53. The van der Waals surface area contributed by atoms with Crippen molar-refractivity contribution < 1.29 is 9.53 Å². The zero-order valence-electron chi connectivity index (χ0n) is 12.3. The highest BCUT2D eigenvalue weighted by molar-refractivity contribution is 6.04. The summed E-state index contributed by atoms with van der Waals surface area (Å²) in [5, 5.41) is 16.7. The molecule has 22 heavy (non-hydrogen) atoms. The van der Waals surface area contributed by atoms with Crippen molar-refractivity contribution in [3.8, 4) is 0 Å². The molecule has 0 unspecified atom stereocenters. The summed E-state index contributed by atoms with van der Waals surface area (Å²) in [5.74, 6) is 1.26. The maximum Gasteiger partial charge on any atom is 0.254 e. The summed E-state index contributed by atoms with van der Waals surface area (Å²) in [6, 6.07) is 7.61. The van der Waals surface area contributed by atoms with Gasteiger partial charge in [-0.15, -0.1) is 10.2 Å². The van der Waals surface area contributed by atoms with Crippen LogP contribution in [0, 0.1) is 0 Å². The molecule has 0 atom stereocenters. The number of nitrogens with one attached hydrogen (secondary N) is 2. The Bertz CT molecular complexity index is 676. The van der Waals surface area contributed by atoms with Crippen LogP contribution in [0.4, 0.5) is 5.69 Å². The molecule has 0 fully saturated rings. The fraction of sp³-hybridized carbons (Fsp3) is 0.333. The zero-order chi connectivity index (χ0) is 15.4. The average molecular weight is 299 g/mol. The minimum absolute atomic E-state index is 0.0943. The standard InChI is InChI=1S/C15H17N5O2/c1-10-13(3-2-8-22-10)15(21)16-12-6-4-11(5-7-12)9-14-17-19-20-18-14/h4-7H,2-3,8-9H2,1H3,(H,16,21)(H,17,18,19,20). The van der Waals surface area contributed by atoms with E-state index in [-0.39, 0.29) is 5.91 Å². The monoisotopic (exact) mass is 299 g/mol. The third kappa shape index (κ3) is 3.30. The van der Waals surface area contributed by atoms with Gasteiger partial charge in [0.2, 0.25) is 0 Å². The maximum atomic E-state index is 12.2. The number of carbonyl (C=O) groups excluding carboxylic acids is 1. The molecule has 0 saturated heterocycles. The maximum absolute atomic E-state index is 12.2. The number of ether oxygens (including phenoxy) is 1. The van der Waals surface area contributed by atoms with Crippen LogP contribution in [-0.2, 0) is 16.0 Å². The van der Waals surface area contributed by atoms with E-state index in [1.54, 1.807) is 0 Å². The molecule has 2 heterocycles. The predicted octanol–water partition coefficient (Wildman–Crippen LogP) is 1.81. The third-order valence-electron chi connectivity index (χ3n) is 3.55. The van der Waals surface area contributed by atoms with Crippen LogP contribution < -0.4 is 5.32 Å². The number of H-pyrrole nitrogens is 1. The number of hydrogen-bond donors (Lipinski definition) is 2. The second-order valence-electron chi connectivity index (χ2n) is 5.14. The minimum atomic E-state index is -0.0943. The molecule has 3 rings (SSSR count). The van der Waals surface area contributed by atoms with E-state index in [2.05, 4.69) is 25.9 Å². The van der Waals surface area contributed by atoms with E-state index in [0.717, 1.165) is 35.4 Å². The lowest BCUT2D eigenvalue weighted by atomic mass is 10.1. The molecule has 1 aromatic heterocycles. The van der Waals surface area contributed by atoms with Crippen LogP contribution in [0.5, 0.6) is 0 Å². The zero-order valence-corrected chi connectivity index (χ0v) is 12.3. The first-order chi connectivity index (χ1) is 10.7. The molecule has 2 N–H and O–H groups in total. The van der Waals surface area contributed by atoms with Crippen molar-refractivity contribution in [3.05, 3.63) is 47.0 Å². The number of carbonyl (C=O) groups is 1. The van der Waals surface area contributed by atoms with Crippen LogP contribution >= 0.6 is 0 Å². The van der Waals surface area contributed by atoms with E-state index in [1.165, 1.54) is 0 Å². The van der Waals surface area contributed by atoms with Gasteiger partial charge in [-0.25, -0.2) is 0 Å². The molecule has 1 aliphatic rings. The molecule has 1 amide bonds. The summed E-state index contributed by atoms with van der Waals surface area (Å²) in [7, 11) is 0. The smallest absolute Gasteiger partial charge is 0.254 e. The minimum Gasteiger partial charge on any atom is -0.498 e. The Hall–Kier alpha value is -2.70. The van der Waals surface area contributed by atoms with Gasteiger partial charge in [-0.05, 0) is 37.5 Å². The normalized spacial score (nSPS) is 14.6. The number of benzene rings is 1. The van der Waals surface area contributed by atoms with Crippen LogP contribution in [0.3, 0.4) is 0 Å². The summed E-state index contributed by atoms with van der Waals surface area (Å²) < 4.78 is 5.42. The van der Waals surface area contributed by atoms with Crippen molar-refractivity contribution in [2.24, 2.45) is 0 Å². The van der Waals surface area contributed by atoms with Gasteiger partial charge in [0, 0.05) is 12.1 Å². The largest absolute Gasteiger partial charge is 0.498 e. The average Bonchev–Trinajstić information content (AvgIpc) is 3.02. The topological polar surface area (TPSA) is 92.8 Å². The first-order valence-corrected chi connectivity index (χ1v) is 7.17. The molecule has 2 aromatic rings. The first-order valence-electron chi connectivity index (χ1n) is 7.17. The number of anilines is 1. The Labute approximate surface area is 127 Å². The Balaban J connectivity index is 1.64. The lowest BCUT2D eigenvalue weighted by Gasteiger charge is -2.18. The Morgan fingerprint density at radius 2 is 2.18 bits per heavy atom. The van der Waals surface area contributed by atoms with Crippen molar-refractivity contribution in [2.75, 3.05) is 11.9 Å². The Morgan fingerprint density at radius 1 is 1.36 bits per heavy atom. The molecule has 1 aromatic carbocycles. The van der Waals surface area contributed by atoms with Gasteiger partial charge in [0.05, 0.1) is 12.2 Å². The molecule has 1 aliphatic heterocycles. The molecule has 0 spiro atoms. The number of aromatic amines is 1. The third-order valence-corrected chi connectivity index (χ3v) is 3.55. The van der Waals surface area contributed by atoms with Crippen molar-refractivity contribution >= 4 is 11.6 Å². The molecular formula is C15H17N5O2. The number of hydrogen-bond acceptors (Lipinski definition) is 5. The fourth-order valence-electron chi connectivity index (χ4n) is 2.36. The second kappa shape index (κ2) is 6.38. The SMILES string of the molecule is CC1=C(C(=O)Nc2ccc(Cc3nn[nH]n3)cc2)CCCO1. The Morgan fingerprint density at radius 3 is 2.86 bits per heavy atom. The number of amides is 1. The van der Waals surface area contributed by atoms with E-state index in [0.29, 0.717) is 18.9 Å². The van der Waals surface area contributed by atoms with Crippen LogP contribution in [-0.4, -0.2) is 33.1 Å². The van der Waals surface area contributed by atoms with Crippen LogP contribution in [0.2, 0.25) is 0 Å². The van der Waals surface area contributed by atoms with Crippen molar-refractivity contribution in [1.29, 1.82) is 0 Å². The number of tetrazole rings is 1. The van der Waals surface area contributed by atoms with Crippen molar-refractivity contribution in [1.82, 2.24) is 20.6 Å². The van der Waals surface area contributed by atoms with Crippen LogP contribution in [0.25, 0.3) is 0 Å². The molecule has 7 heteroatoms. The number of rotatable bonds is 4. The Kier molecular flexibility index (Phi) is 4.13. The van der Waals surface area contributed by atoms with E-state index in [9.17, 15) is 4.79 Å². The number of nitrogens with zero attached hydrogens (tertiary/aromatic N) is 3. The highest BCUT2D eigenvalue weighted by Gasteiger charge is 2.17. The number of aromatic nitrogens is 4. The lowest BCUT2D eigenvalue weighted by molar-refractivity contribution is -0.113. The number of allylic oxidation sites excluding steroid dienone is 1. The molecule has 114 valence electrons. The second-order valence-corrected chi connectivity index (χ2v) is 5.14. The van der Waals surface area contributed by atoms with Gasteiger partial charge in [0.1, 0.15) is 5.76 Å². The van der Waals surface area contributed by atoms with Gasteiger partial charge in [-0.1, -0.05) is 17.3 Å². The summed E-state index contributed by atoms with van der Waals surface area (Å²) in [6.07, 6.45) is 2.24. The highest BCUT2D eigenvalue weighted by atomic mass is 16.5. The summed E-state index contributed by atoms with van der Waals surface area (Å²) in [6.45, 7) is 2.52. The van der Waals surface area contributed by atoms with Gasteiger partial charge < -0.3 is 10.1 Å². The van der Waals surface area contributed by atoms with E-state index < -0.39 is 0 Å². The highest BCUT2D eigenvalue weighted by Crippen LogP contribution is 2.21. The summed E-state index contributed by atoms with van der Waals surface area (Å²) in [4.78, 5) is 12.2. The lowest BCUT2D eigenvalue weighted by Crippen LogP contribution is -2.19. The molecule has 0 bridgehead atoms. The van der Waals surface area contributed by atoms with E-state index in [4.69, 9.17) is 4.74 Å². The van der Waals surface area contributed by atoms with E-state index in [1.807, 2.05) is 31.2 Å². The van der Waals surface area contributed by atoms with Gasteiger partial charge >= 0.3 is 0 Å². The quantitative estimate of drug-likeness (QED) is 0.898. The van der Waals surface area contributed by atoms with Gasteiger partial charge in [-0.3, -0.25) is 4.79 Å². The van der Waals surface area contributed by atoms with Crippen LogP contribution in [0.1, 0.15) is 31.2 Å². The molecule has 0 radical (unpaired) electrons. The van der Waals surface area contributed by atoms with Crippen molar-refractivity contribution in [3.63, 3.8) is 0 Å². The molecular weight excluding hydrogens is 282 g/mol. The molecule has 0 aliphatic carbocycles. The summed E-state index contributed by atoms with van der Waals surface area (Å²) >= 11 is 0.